The maximum atomic E-state index is 11.5. The number of hydrogen-bond donors (Lipinski definition) is 0. The van der Waals surface area contributed by atoms with Crippen molar-refractivity contribution < 1.29 is 9.45 Å². The zero-order valence-electron chi connectivity index (χ0n) is 16.4. The highest BCUT2D eigenvalue weighted by Gasteiger charge is 2.27. The van der Waals surface area contributed by atoms with Crippen molar-refractivity contribution in [2.24, 2.45) is 0 Å². The van der Waals surface area contributed by atoms with Crippen LogP contribution < -0.4 is 9.80 Å². The van der Waals surface area contributed by atoms with Gasteiger partial charge in [-0.2, -0.15) is 4.98 Å². The highest BCUT2D eigenvalue weighted by Crippen LogP contribution is 2.33. The van der Waals surface area contributed by atoms with E-state index in [1.165, 1.54) is 6.07 Å². The largest absolute Gasteiger partial charge is 0.357 e. The summed E-state index contributed by atoms with van der Waals surface area (Å²) in [6, 6.07) is 12.5. The van der Waals surface area contributed by atoms with Gasteiger partial charge in [0, 0.05) is 44.7 Å². The first-order valence-corrected chi connectivity index (χ1v) is 9.49. The number of hydrogen-bond acceptors (Lipinski definition) is 8. The van der Waals surface area contributed by atoms with Crippen LogP contribution in [0, 0.1) is 10.1 Å². The molecule has 9 nitrogen and oxygen atoms in total. The number of benzene rings is 1. The van der Waals surface area contributed by atoms with E-state index in [9.17, 15) is 10.1 Å². The quantitative estimate of drug-likeness (QED) is 0.479. The van der Waals surface area contributed by atoms with Crippen molar-refractivity contribution in [1.29, 1.82) is 0 Å². The first kappa shape index (κ1) is 18.9. The van der Waals surface area contributed by atoms with Crippen LogP contribution in [0.25, 0.3) is 11.3 Å². The van der Waals surface area contributed by atoms with Crippen molar-refractivity contribution in [2.45, 2.75) is 18.8 Å². The lowest BCUT2D eigenvalue weighted by molar-refractivity contribution is -0.384. The molecule has 29 heavy (non-hydrogen) atoms. The second-order valence-electron chi connectivity index (χ2n) is 7.25. The molecule has 0 saturated carbocycles. The molecule has 3 heterocycles. The summed E-state index contributed by atoms with van der Waals surface area (Å²) < 4.78 is 5.41. The van der Waals surface area contributed by atoms with E-state index in [1.807, 2.05) is 49.3 Å². The first-order chi connectivity index (χ1) is 14.0. The molecule has 1 aliphatic heterocycles. The average Bonchev–Trinajstić information content (AvgIpc) is 3.25. The molecule has 1 aromatic carbocycles. The number of nitrogens with zero attached hydrogens (tertiary/aromatic N) is 6. The van der Waals surface area contributed by atoms with Crippen molar-refractivity contribution >= 4 is 17.5 Å². The van der Waals surface area contributed by atoms with Gasteiger partial charge in [-0.05, 0) is 24.1 Å². The van der Waals surface area contributed by atoms with Gasteiger partial charge in [-0.15, -0.1) is 0 Å². The van der Waals surface area contributed by atoms with Crippen LogP contribution in [0.3, 0.4) is 0 Å². The van der Waals surface area contributed by atoms with E-state index in [-0.39, 0.29) is 16.5 Å². The third-order valence-electron chi connectivity index (χ3n) is 5.10. The SMILES string of the molecule is CN(C)c1noc(C2CCN(c3ccc([N+](=O)[O-])c(-c4ccccc4)n3)CC2)n1. The molecule has 0 N–H and O–H groups in total. The van der Waals surface area contributed by atoms with Gasteiger partial charge in [0.2, 0.25) is 5.89 Å². The fourth-order valence-corrected chi connectivity index (χ4v) is 3.50. The molecule has 0 spiro atoms. The molecule has 3 aromatic rings. The van der Waals surface area contributed by atoms with Gasteiger partial charge in [-0.25, -0.2) is 4.98 Å². The topological polar surface area (TPSA) is 101 Å². The molecule has 0 bridgehead atoms. The maximum Gasteiger partial charge on any atom is 0.295 e. The lowest BCUT2D eigenvalue weighted by Crippen LogP contribution is -2.33. The van der Waals surface area contributed by atoms with Gasteiger partial charge in [0.1, 0.15) is 5.82 Å². The molecule has 150 valence electrons. The highest BCUT2D eigenvalue weighted by molar-refractivity contribution is 5.71. The fourth-order valence-electron chi connectivity index (χ4n) is 3.50. The van der Waals surface area contributed by atoms with Crippen molar-refractivity contribution in [1.82, 2.24) is 15.1 Å². The monoisotopic (exact) mass is 394 g/mol. The summed E-state index contributed by atoms with van der Waals surface area (Å²) in [4.78, 5) is 24.1. The predicted molar refractivity (Wildman–Crippen MR) is 109 cm³/mol. The van der Waals surface area contributed by atoms with E-state index in [0.717, 1.165) is 37.3 Å². The normalized spacial score (nSPS) is 14.8. The van der Waals surface area contributed by atoms with E-state index in [1.54, 1.807) is 6.07 Å². The van der Waals surface area contributed by atoms with E-state index in [4.69, 9.17) is 4.52 Å². The summed E-state index contributed by atoms with van der Waals surface area (Å²) in [6.07, 6.45) is 1.71. The van der Waals surface area contributed by atoms with Crippen LogP contribution in [0.4, 0.5) is 17.5 Å². The average molecular weight is 394 g/mol. The summed E-state index contributed by atoms with van der Waals surface area (Å²) in [6.45, 7) is 1.53. The molecular formula is C20H22N6O3. The van der Waals surface area contributed by atoms with Crippen LogP contribution in [0.2, 0.25) is 0 Å². The Hall–Kier alpha value is -3.49. The Morgan fingerprint density at radius 3 is 2.45 bits per heavy atom. The zero-order chi connectivity index (χ0) is 20.4. The van der Waals surface area contributed by atoms with Crippen LogP contribution in [-0.2, 0) is 0 Å². The van der Waals surface area contributed by atoms with Crippen LogP contribution >= 0.6 is 0 Å². The first-order valence-electron chi connectivity index (χ1n) is 9.49. The molecule has 0 atom stereocenters. The summed E-state index contributed by atoms with van der Waals surface area (Å²) in [5, 5.41) is 15.4. The van der Waals surface area contributed by atoms with Gasteiger partial charge in [-0.1, -0.05) is 30.3 Å². The lowest BCUT2D eigenvalue weighted by atomic mass is 9.97. The number of anilines is 2. The minimum Gasteiger partial charge on any atom is -0.357 e. The van der Waals surface area contributed by atoms with Crippen molar-refractivity contribution in [3.63, 3.8) is 0 Å². The standard InChI is InChI=1S/C20H22N6O3/c1-24(2)20-22-19(29-23-20)15-10-12-25(13-11-15)17-9-8-16(26(27)28)18(21-17)14-6-4-3-5-7-14/h3-9,15H,10-13H2,1-2H3. The Balaban J connectivity index is 1.53. The van der Waals surface area contributed by atoms with Crippen molar-refractivity contribution in [3.05, 3.63) is 58.5 Å². The second-order valence-corrected chi connectivity index (χ2v) is 7.25. The lowest BCUT2D eigenvalue weighted by Gasteiger charge is -2.31. The van der Waals surface area contributed by atoms with Crippen LogP contribution in [0.15, 0.2) is 47.0 Å². The summed E-state index contributed by atoms with van der Waals surface area (Å²) in [5.41, 5.74) is 1.14. The number of nitro groups is 1. The number of piperidine rings is 1. The van der Waals surface area contributed by atoms with Gasteiger partial charge in [0.25, 0.3) is 11.6 Å². The molecule has 4 rings (SSSR count). The second kappa shape index (κ2) is 7.86. The maximum absolute atomic E-state index is 11.5. The molecule has 2 aromatic heterocycles. The Morgan fingerprint density at radius 1 is 1.10 bits per heavy atom. The Morgan fingerprint density at radius 2 is 1.83 bits per heavy atom. The van der Waals surface area contributed by atoms with Crippen LogP contribution in [-0.4, -0.2) is 47.2 Å². The van der Waals surface area contributed by atoms with Crippen LogP contribution in [0.5, 0.6) is 0 Å². The molecular weight excluding hydrogens is 372 g/mol. The number of rotatable bonds is 5. The molecule has 1 aliphatic rings. The number of pyridine rings is 1. The Kier molecular flexibility index (Phi) is 5.11. The van der Waals surface area contributed by atoms with Gasteiger partial charge < -0.3 is 14.3 Å². The summed E-state index contributed by atoms with van der Waals surface area (Å²) >= 11 is 0. The Bertz CT molecular complexity index is 996. The zero-order valence-corrected chi connectivity index (χ0v) is 16.4. The van der Waals surface area contributed by atoms with Crippen molar-refractivity contribution in [3.8, 4) is 11.3 Å². The predicted octanol–water partition coefficient (Wildman–Crippen LogP) is 3.49. The molecule has 9 heteroatoms. The van der Waals surface area contributed by atoms with Gasteiger partial charge in [0.15, 0.2) is 5.69 Å². The molecule has 0 unspecified atom stereocenters. The van der Waals surface area contributed by atoms with E-state index >= 15 is 0 Å². The molecule has 0 radical (unpaired) electrons. The third-order valence-corrected chi connectivity index (χ3v) is 5.10. The molecule has 1 fully saturated rings. The summed E-state index contributed by atoms with van der Waals surface area (Å²) in [5.74, 6) is 2.19. The van der Waals surface area contributed by atoms with Crippen LogP contribution in [0.1, 0.15) is 24.7 Å². The number of aromatic nitrogens is 3. The third kappa shape index (κ3) is 3.89. The molecule has 0 aliphatic carbocycles. The van der Waals surface area contributed by atoms with E-state index < -0.39 is 0 Å². The van der Waals surface area contributed by atoms with Gasteiger partial charge in [0.05, 0.1) is 4.92 Å². The minimum absolute atomic E-state index is 0.0110. The smallest absolute Gasteiger partial charge is 0.295 e. The van der Waals surface area contributed by atoms with Gasteiger partial charge >= 0.3 is 0 Å². The van der Waals surface area contributed by atoms with Crippen molar-refractivity contribution in [2.75, 3.05) is 37.0 Å². The molecule has 0 amide bonds. The molecule has 1 saturated heterocycles. The van der Waals surface area contributed by atoms with Gasteiger partial charge in [-0.3, -0.25) is 10.1 Å². The Labute approximate surface area is 168 Å². The fraction of sp³-hybridized carbons (Fsp3) is 0.350. The van der Waals surface area contributed by atoms with E-state index in [2.05, 4.69) is 20.0 Å². The highest BCUT2D eigenvalue weighted by atomic mass is 16.6. The summed E-state index contributed by atoms with van der Waals surface area (Å²) in [7, 11) is 3.75. The minimum atomic E-state index is -0.386. The van der Waals surface area contributed by atoms with E-state index in [0.29, 0.717) is 17.5 Å².